The lowest BCUT2D eigenvalue weighted by Gasteiger charge is -2.05. The number of nitrogens with one attached hydrogen (secondary N) is 2. The average Bonchev–Trinajstić information content (AvgIpc) is 3.31. The van der Waals surface area contributed by atoms with Gasteiger partial charge >= 0.3 is 0 Å². The van der Waals surface area contributed by atoms with Gasteiger partial charge in [-0.2, -0.15) is 0 Å². The summed E-state index contributed by atoms with van der Waals surface area (Å²) in [5.41, 5.74) is 5.09. The van der Waals surface area contributed by atoms with Crippen molar-refractivity contribution in [2.45, 2.75) is 13.1 Å². The first kappa shape index (κ1) is 14.5. The lowest BCUT2D eigenvalue weighted by atomic mass is 10.0. The van der Waals surface area contributed by atoms with Crippen molar-refractivity contribution in [2.24, 2.45) is 0 Å². The highest BCUT2D eigenvalue weighted by molar-refractivity contribution is 5.63. The molecule has 2 aromatic carbocycles. The first-order valence-corrected chi connectivity index (χ1v) is 8.09. The van der Waals surface area contributed by atoms with E-state index in [-0.39, 0.29) is 0 Å². The van der Waals surface area contributed by atoms with E-state index in [1.54, 1.807) is 0 Å². The first-order chi connectivity index (χ1) is 11.9. The highest BCUT2D eigenvalue weighted by atomic mass is 15.0. The van der Waals surface area contributed by atoms with Crippen molar-refractivity contribution in [1.82, 2.24) is 9.97 Å². The minimum atomic E-state index is 0.886. The molecular formula is C20H20N4+2. The number of H-pyrrole nitrogens is 2. The van der Waals surface area contributed by atoms with Crippen LogP contribution in [0.15, 0.2) is 86.0 Å². The Hall–Kier alpha value is -3.14. The highest BCUT2D eigenvalue weighted by Crippen LogP contribution is 2.20. The molecule has 0 bridgehead atoms. The van der Waals surface area contributed by atoms with Gasteiger partial charge in [0.05, 0.1) is 0 Å². The summed E-state index contributed by atoms with van der Waals surface area (Å²) in [4.78, 5) is 6.13. The molecule has 0 amide bonds. The monoisotopic (exact) mass is 316 g/mol. The molecule has 4 aromatic rings. The van der Waals surface area contributed by atoms with Crippen LogP contribution in [0.1, 0.15) is 11.1 Å². The fraction of sp³-hybridized carbons (Fsp3) is 0.100. The Balaban J connectivity index is 1.47. The van der Waals surface area contributed by atoms with Crippen molar-refractivity contribution in [3.05, 3.63) is 97.1 Å². The molecule has 0 saturated carbocycles. The van der Waals surface area contributed by atoms with E-state index in [0.29, 0.717) is 0 Å². The molecule has 0 atom stereocenters. The molecule has 0 fully saturated rings. The highest BCUT2D eigenvalue weighted by Gasteiger charge is 2.03. The zero-order valence-electron chi connectivity index (χ0n) is 13.4. The molecule has 0 aliphatic carbocycles. The zero-order chi connectivity index (χ0) is 16.2. The largest absolute Gasteiger partial charge is 0.250 e. The van der Waals surface area contributed by atoms with Crippen LogP contribution in [0.3, 0.4) is 0 Å². The van der Waals surface area contributed by atoms with Crippen LogP contribution in [-0.2, 0) is 13.1 Å². The third kappa shape index (κ3) is 3.27. The summed E-state index contributed by atoms with van der Waals surface area (Å²) < 4.78 is 4.25. The van der Waals surface area contributed by atoms with E-state index >= 15 is 0 Å². The topological polar surface area (TPSA) is 39.3 Å². The van der Waals surface area contributed by atoms with Gasteiger partial charge in [-0.1, -0.05) is 48.5 Å². The molecular weight excluding hydrogens is 296 g/mol. The Morgan fingerprint density at radius 3 is 1.33 bits per heavy atom. The van der Waals surface area contributed by atoms with E-state index in [9.17, 15) is 0 Å². The fourth-order valence-corrected chi connectivity index (χ4v) is 2.86. The van der Waals surface area contributed by atoms with E-state index in [0.717, 1.165) is 13.1 Å². The Morgan fingerprint density at radius 2 is 1.00 bits per heavy atom. The number of aromatic amines is 2. The molecule has 2 aromatic heterocycles. The summed E-state index contributed by atoms with van der Waals surface area (Å²) in [5, 5.41) is 0. The molecule has 2 heterocycles. The van der Waals surface area contributed by atoms with Crippen LogP contribution in [0.2, 0.25) is 0 Å². The van der Waals surface area contributed by atoms with Crippen molar-refractivity contribution in [3.8, 4) is 11.1 Å². The van der Waals surface area contributed by atoms with Gasteiger partial charge in [0.1, 0.15) is 37.9 Å². The van der Waals surface area contributed by atoms with Gasteiger partial charge in [0.2, 0.25) is 12.7 Å². The quantitative estimate of drug-likeness (QED) is 0.532. The number of rotatable bonds is 5. The number of nitrogens with zero attached hydrogens (tertiary/aromatic N) is 2. The maximum atomic E-state index is 3.07. The summed E-state index contributed by atoms with van der Waals surface area (Å²) >= 11 is 0. The van der Waals surface area contributed by atoms with Crippen LogP contribution in [0.5, 0.6) is 0 Å². The van der Waals surface area contributed by atoms with Crippen molar-refractivity contribution in [1.29, 1.82) is 0 Å². The lowest BCUT2D eigenvalue weighted by molar-refractivity contribution is -0.687. The average molecular weight is 316 g/mol. The van der Waals surface area contributed by atoms with Gasteiger partial charge in [-0.3, -0.25) is 9.97 Å². The summed E-state index contributed by atoms with van der Waals surface area (Å²) in [6.45, 7) is 1.77. The minimum Gasteiger partial charge on any atom is -0.250 e. The molecule has 118 valence electrons. The Morgan fingerprint density at radius 1 is 0.583 bits per heavy atom. The fourth-order valence-electron chi connectivity index (χ4n) is 2.86. The van der Waals surface area contributed by atoms with Crippen LogP contribution >= 0.6 is 0 Å². The number of aromatic nitrogens is 4. The van der Waals surface area contributed by atoms with Gasteiger partial charge in [-0.05, 0) is 22.3 Å². The number of hydrogen-bond donors (Lipinski definition) is 2. The van der Waals surface area contributed by atoms with Crippen molar-refractivity contribution < 1.29 is 9.13 Å². The molecule has 4 heteroatoms. The summed E-state index contributed by atoms with van der Waals surface area (Å²) in [5.74, 6) is 0. The van der Waals surface area contributed by atoms with Gasteiger partial charge in [0.15, 0.2) is 0 Å². The molecule has 0 aliphatic heterocycles. The van der Waals surface area contributed by atoms with Crippen LogP contribution in [-0.4, -0.2) is 9.97 Å². The van der Waals surface area contributed by atoms with Crippen LogP contribution in [0, 0.1) is 0 Å². The van der Waals surface area contributed by atoms with Crippen LogP contribution in [0.4, 0.5) is 0 Å². The second-order valence-electron chi connectivity index (χ2n) is 5.96. The van der Waals surface area contributed by atoms with E-state index in [2.05, 4.69) is 67.6 Å². The van der Waals surface area contributed by atoms with E-state index in [1.165, 1.54) is 22.3 Å². The zero-order valence-corrected chi connectivity index (χ0v) is 13.4. The first-order valence-electron chi connectivity index (χ1n) is 8.09. The van der Waals surface area contributed by atoms with E-state index in [4.69, 9.17) is 0 Å². The van der Waals surface area contributed by atoms with Crippen LogP contribution in [0.25, 0.3) is 11.1 Å². The molecule has 0 aliphatic rings. The summed E-state index contributed by atoms with van der Waals surface area (Å²) in [6.07, 6.45) is 11.9. The Bertz CT molecular complexity index is 796. The molecule has 24 heavy (non-hydrogen) atoms. The van der Waals surface area contributed by atoms with E-state index in [1.807, 2.05) is 37.4 Å². The van der Waals surface area contributed by atoms with Gasteiger partial charge in [-0.25, -0.2) is 9.13 Å². The third-order valence-corrected chi connectivity index (χ3v) is 4.18. The predicted octanol–water partition coefficient (Wildman–Crippen LogP) is 2.68. The van der Waals surface area contributed by atoms with Crippen molar-refractivity contribution in [3.63, 3.8) is 0 Å². The van der Waals surface area contributed by atoms with Gasteiger partial charge < -0.3 is 0 Å². The second-order valence-corrected chi connectivity index (χ2v) is 5.96. The smallest absolute Gasteiger partial charge is 0.241 e. The number of hydrogen-bond acceptors (Lipinski definition) is 0. The molecule has 0 saturated heterocycles. The molecule has 4 rings (SSSR count). The van der Waals surface area contributed by atoms with Crippen LogP contribution < -0.4 is 9.13 Å². The van der Waals surface area contributed by atoms with Crippen molar-refractivity contribution >= 4 is 0 Å². The predicted molar refractivity (Wildman–Crippen MR) is 92.1 cm³/mol. The number of benzene rings is 2. The van der Waals surface area contributed by atoms with Gasteiger partial charge in [-0.15, -0.1) is 0 Å². The lowest BCUT2D eigenvalue weighted by Crippen LogP contribution is -2.30. The Labute approximate surface area is 141 Å². The van der Waals surface area contributed by atoms with Gasteiger partial charge in [0, 0.05) is 0 Å². The minimum absolute atomic E-state index is 0.886. The molecule has 0 spiro atoms. The number of imidazole rings is 2. The van der Waals surface area contributed by atoms with E-state index < -0.39 is 0 Å². The molecule has 4 nitrogen and oxygen atoms in total. The summed E-state index contributed by atoms with van der Waals surface area (Å²) in [7, 11) is 0. The maximum Gasteiger partial charge on any atom is 0.241 e. The molecule has 0 radical (unpaired) electrons. The Kier molecular flexibility index (Phi) is 3.94. The summed E-state index contributed by atoms with van der Waals surface area (Å²) in [6, 6.07) is 17.5. The van der Waals surface area contributed by atoms with Crippen molar-refractivity contribution in [2.75, 3.05) is 0 Å². The second kappa shape index (κ2) is 6.54. The molecule has 2 N–H and O–H groups in total. The normalized spacial score (nSPS) is 10.8. The molecule has 0 unspecified atom stereocenters. The third-order valence-electron chi connectivity index (χ3n) is 4.18. The SMILES string of the molecule is c1c[n+](Cc2ccc(-c3ccc(C[n+]4cc[nH]c4)cc3)cc2)c[nH]1. The maximum absolute atomic E-state index is 3.07. The standard InChI is InChI=1S/C20H18N4/c1-5-19(6-2-17(1)13-23-11-9-21-15-23)20-7-3-18(4-8-20)14-24-12-10-22-16-24/h1-12,15-16H,13-14H2/p+2. The van der Waals surface area contributed by atoms with Gasteiger partial charge in [0.25, 0.3) is 0 Å².